The van der Waals surface area contributed by atoms with Crippen molar-refractivity contribution in [2.24, 2.45) is 0 Å². The van der Waals surface area contributed by atoms with Crippen molar-refractivity contribution < 1.29 is 4.79 Å². The molecule has 37 heavy (non-hydrogen) atoms. The van der Waals surface area contributed by atoms with E-state index in [2.05, 4.69) is 62.4 Å². The topological polar surface area (TPSA) is 86.8 Å². The molecule has 5 rings (SSSR count). The summed E-state index contributed by atoms with van der Waals surface area (Å²) >= 11 is 6.12. The highest BCUT2D eigenvalue weighted by Gasteiger charge is 2.29. The third kappa shape index (κ3) is 6.00. The number of carbonyl (C=O) groups excluding carboxylic acids is 1. The van der Waals surface area contributed by atoms with Crippen LogP contribution in [0.3, 0.4) is 0 Å². The van der Waals surface area contributed by atoms with Crippen LogP contribution in [-0.2, 0) is 19.3 Å². The molecule has 2 N–H and O–H groups in total. The van der Waals surface area contributed by atoms with E-state index in [1.807, 2.05) is 18.2 Å². The summed E-state index contributed by atoms with van der Waals surface area (Å²) in [7, 11) is 0. The minimum atomic E-state index is -0.151. The van der Waals surface area contributed by atoms with Crippen LogP contribution in [0.5, 0.6) is 0 Å². The van der Waals surface area contributed by atoms with Crippen molar-refractivity contribution in [2.45, 2.75) is 45.1 Å². The average Bonchev–Trinajstić information content (AvgIpc) is 3.61. The molecule has 1 aliphatic heterocycles. The maximum absolute atomic E-state index is 13.2. The molecule has 1 saturated heterocycles. The molecular formula is C29H31ClN6O. The Hall–Kier alpha value is -3.71. The van der Waals surface area contributed by atoms with Gasteiger partial charge in [-0.2, -0.15) is 0 Å². The molecule has 0 unspecified atom stereocenters. The lowest BCUT2D eigenvalue weighted by molar-refractivity contribution is 0.0952. The smallest absolute Gasteiger partial charge is 0.254 e. The predicted molar refractivity (Wildman–Crippen MR) is 146 cm³/mol. The number of halogens is 1. The van der Waals surface area contributed by atoms with Crippen molar-refractivity contribution in [3.63, 3.8) is 0 Å². The minimum absolute atomic E-state index is 0.151. The highest BCUT2D eigenvalue weighted by molar-refractivity contribution is 6.30. The number of aromatic amines is 1. The lowest BCUT2D eigenvalue weighted by Crippen LogP contribution is -2.29. The molecule has 8 heteroatoms. The van der Waals surface area contributed by atoms with E-state index >= 15 is 0 Å². The molecule has 1 aliphatic rings. The first-order valence-corrected chi connectivity index (χ1v) is 13.1. The van der Waals surface area contributed by atoms with E-state index < -0.39 is 0 Å². The Kier molecular flexibility index (Phi) is 7.80. The maximum atomic E-state index is 13.2. The number of H-pyrrole nitrogens is 1. The number of hydrogen-bond donors (Lipinski definition) is 2. The summed E-state index contributed by atoms with van der Waals surface area (Å²) in [6.45, 7) is 3.50. The predicted octanol–water partition coefficient (Wildman–Crippen LogP) is 5.26. The number of nitrogens with one attached hydrogen (secondary N) is 2. The zero-order valence-corrected chi connectivity index (χ0v) is 21.7. The van der Waals surface area contributed by atoms with Gasteiger partial charge < -0.3 is 15.2 Å². The Labute approximate surface area is 222 Å². The number of anilines is 1. The monoisotopic (exact) mass is 514 g/mol. The summed E-state index contributed by atoms with van der Waals surface area (Å²) in [4.78, 5) is 32.2. The van der Waals surface area contributed by atoms with Crippen LogP contribution >= 0.6 is 11.6 Å². The fraction of sp³-hybridized carbons (Fsp3) is 0.310. The fourth-order valence-electron chi connectivity index (χ4n) is 4.93. The summed E-state index contributed by atoms with van der Waals surface area (Å²) in [5.74, 6) is 0.521. The van der Waals surface area contributed by atoms with Crippen molar-refractivity contribution in [2.75, 3.05) is 18.0 Å². The first kappa shape index (κ1) is 25.0. The molecule has 1 fully saturated rings. The zero-order valence-electron chi connectivity index (χ0n) is 21.0. The van der Waals surface area contributed by atoms with Gasteiger partial charge in [-0.3, -0.25) is 4.79 Å². The molecule has 0 spiro atoms. The Balaban J connectivity index is 1.39. The van der Waals surface area contributed by atoms with Gasteiger partial charge in [0, 0.05) is 42.6 Å². The molecule has 2 aromatic carbocycles. The average molecular weight is 515 g/mol. The van der Waals surface area contributed by atoms with Crippen LogP contribution in [0.15, 0.2) is 67.3 Å². The zero-order chi connectivity index (χ0) is 25.6. The van der Waals surface area contributed by atoms with Crippen molar-refractivity contribution in [1.29, 1.82) is 0 Å². The summed E-state index contributed by atoms with van der Waals surface area (Å²) < 4.78 is 0. The van der Waals surface area contributed by atoms with E-state index in [1.54, 1.807) is 18.7 Å². The van der Waals surface area contributed by atoms with Gasteiger partial charge in [-0.25, -0.2) is 15.0 Å². The number of hydrogen-bond acceptors (Lipinski definition) is 5. The van der Waals surface area contributed by atoms with Gasteiger partial charge >= 0.3 is 0 Å². The summed E-state index contributed by atoms with van der Waals surface area (Å²) in [6, 6.07) is 16.6. The standard InChI is InChI=1S/C29H31ClN6O/c1-20-5-2-3-6-21(20)10-13-26-25(28(37)32-15-14-24-17-31-19-34-24)18-33-29(35-26)36-16-4-7-27(36)22-8-11-23(30)12-9-22/h2-3,5-6,8-9,11-12,17-19,27H,4,7,10,13-16H2,1H3,(H,31,34)(H,32,37)/t27-/m1/s1. The molecule has 0 bridgehead atoms. The van der Waals surface area contributed by atoms with Crippen LogP contribution in [0.4, 0.5) is 5.95 Å². The van der Waals surface area contributed by atoms with Crippen LogP contribution in [0, 0.1) is 6.92 Å². The van der Waals surface area contributed by atoms with Gasteiger partial charge in [0.15, 0.2) is 0 Å². The molecule has 190 valence electrons. The normalized spacial score (nSPS) is 15.2. The summed E-state index contributed by atoms with van der Waals surface area (Å²) in [5, 5.41) is 3.75. The molecule has 0 aliphatic carbocycles. The van der Waals surface area contributed by atoms with E-state index in [-0.39, 0.29) is 11.9 Å². The Morgan fingerprint density at radius 1 is 1.11 bits per heavy atom. The van der Waals surface area contributed by atoms with Crippen molar-refractivity contribution >= 4 is 23.5 Å². The van der Waals surface area contributed by atoms with Gasteiger partial charge in [-0.1, -0.05) is 48.0 Å². The second kappa shape index (κ2) is 11.6. The van der Waals surface area contributed by atoms with Crippen molar-refractivity contribution in [3.8, 4) is 0 Å². The number of rotatable bonds is 9. The Bertz CT molecular complexity index is 1340. The van der Waals surface area contributed by atoms with E-state index in [0.717, 1.165) is 42.2 Å². The first-order valence-electron chi connectivity index (χ1n) is 12.8. The third-order valence-corrected chi connectivity index (χ3v) is 7.24. The largest absolute Gasteiger partial charge is 0.352 e. The molecule has 0 saturated carbocycles. The van der Waals surface area contributed by atoms with Gasteiger partial charge in [0.2, 0.25) is 5.95 Å². The molecule has 1 atom stereocenters. The highest BCUT2D eigenvalue weighted by Crippen LogP contribution is 2.35. The number of carbonyl (C=O) groups is 1. The molecule has 3 heterocycles. The molecule has 1 amide bonds. The van der Waals surface area contributed by atoms with Crippen LogP contribution in [-0.4, -0.2) is 38.9 Å². The van der Waals surface area contributed by atoms with Crippen LogP contribution in [0.2, 0.25) is 5.02 Å². The summed E-state index contributed by atoms with van der Waals surface area (Å²) in [6.07, 6.45) is 9.33. The molecule has 2 aromatic heterocycles. The Morgan fingerprint density at radius 2 is 1.95 bits per heavy atom. The van der Waals surface area contributed by atoms with Gasteiger partial charge in [0.1, 0.15) is 0 Å². The SMILES string of the molecule is Cc1ccccc1CCc1nc(N2CCC[C@@H]2c2ccc(Cl)cc2)ncc1C(=O)NCCc1cnc[nH]1. The number of aryl methyl sites for hydroxylation is 3. The summed E-state index contributed by atoms with van der Waals surface area (Å²) in [5.41, 5.74) is 5.98. The van der Waals surface area contributed by atoms with Gasteiger partial charge in [0.05, 0.1) is 23.6 Å². The lowest BCUT2D eigenvalue weighted by Gasteiger charge is -2.26. The number of aromatic nitrogens is 4. The van der Waals surface area contributed by atoms with E-state index in [0.29, 0.717) is 30.9 Å². The van der Waals surface area contributed by atoms with E-state index in [4.69, 9.17) is 16.6 Å². The van der Waals surface area contributed by atoms with Crippen LogP contribution in [0.25, 0.3) is 0 Å². The first-order chi connectivity index (χ1) is 18.1. The molecular weight excluding hydrogens is 484 g/mol. The molecule has 7 nitrogen and oxygen atoms in total. The van der Waals surface area contributed by atoms with Gasteiger partial charge in [0.25, 0.3) is 5.91 Å². The van der Waals surface area contributed by atoms with Crippen LogP contribution in [0.1, 0.15) is 57.3 Å². The Morgan fingerprint density at radius 3 is 2.73 bits per heavy atom. The van der Waals surface area contributed by atoms with Crippen molar-refractivity contribution in [1.82, 2.24) is 25.3 Å². The second-order valence-corrected chi connectivity index (χ2v) is 9.88. The van der Waals surface area contributed by atoms with E-state index in [9.17, 15) is 4.79 Å². The third-order valence-electron chi connectivity index (χ3n) is 6.99. The molecule has 0 radical (unpaired) electrons. The fourth-order valence-corrected chi connectivity index (χ4v) is 5.06. The van der Waals surface area contributed by atoms with E-state index in [1.165, 1.54) is 16.7 Å². The second-order valence-electron chi connectivity index (χ2n) is 9.44. The number of amides is 1. The minimum Gasteiger partial charge on any atom is -0.352 e. The quantitative estimate of drug-likeness (QED) is 0.318. The highest BCUT2D eigenvalue weighted by atomic mass is 35.5. The number of nitrogens with zero attached hydrogens (tertiary/aromatic N) is 4. The van der Waals surface area contributed by atoms with Gasteiger partial charge in [-0.15, -0.1) is 0 Å². The van der Waals surface area contributed by atoms with Crippen molar-refractivity contribution in [3.05, 3.63) is 106 Å². The maximum Gasteiger partial charge on any atom is 0.254 e. The number of benzene rings is 2. The lowest BCUT2D eigenvalue weighted by atomic mass is 10.0. The molecule has 4 aromatic rings. The van der Waals surface area contributed by atoms with Gasteiger partial charge in [-0.05, 0) is 61.4 Å². The van der Waals surface area contributed by atoms with Crippen LogP contribution < -0.4 is 10.2 Å². The number of imidazole rings is 1.